The van der Waals surface area contributed by atoms with Gasteiger partial charge in [0.1, 0.15) is 6.61 Å². The summed E-state index contributed by atoms with van der Waals surface area (Å²) in [6.07, 6.45) is 7.97. The number of anilines is 2. The molecule has 2 N–H and O–H groups in total. The molecular formula is C22H33N3O3. The van der Waals surface area contributed by atoms with Gasteiger partial charge in [-0.05, 0) is 49.8 Å². The number of nitrogens with one attached hydrogen (secondary N) is 2. The number of nitrogens with zero attached hydrogens (tertiary/aromatic N) is 1. The quantitative estimate of drug-likeness (QED) is 0.783. The second-order valence-corrected chi connectivity index (χ2v) is 8.19. The van der Waals surface area contributed by atoms with E-state index >= 15 is 0 Å². The highest BCUT2D eigenvalue weighted by Crippen LogP contribution is 2.29. The van der Waals surface area contributed by atoms with Crippen LogP contribution in [-0.4, -0.2) is 44.7 Å². The van der Waals surface area contributed by atoms with E-state index in [-0.39, 0.29) is 24.5 Å². The van der Waals surface area contributed by atoms with Crippen LogP contribution in [0.15, 0.2) is 18.2 Å². The van der Waals surface area contributed by atoms with Gasteiger partial charge in [0.2, 0.25) is 5.91 Å². The van der Waals surface area contributed by atoms with Gasteiger partial charge in [0.15, 0.2) is 0 Å². The van der Waals surface area contributed by atoms with Crippen LogP contribution in [0.5, 0.6) is 0 Å². The van der Waals surface area contributed by atoms with Crippen molar-refractivity contribution in [2.24, 2.45) is 5.92 Å². The first-order valence-electron chi connectivity index (χ1n) is 10.6. The second kappa shape index (κ2) is 9.92. The second-order valence-electron chi connectivity index (χ2n) is 8.19. The first-order valence-corrected chi connectivity index (χ1v) is 10.6. The van der Waals surface area contributed by atoms with Crippen molar-refractivity contribution in [2.45, 2.75) is 57.9 Å². The maximum atomic E-state index is 13.1. The van der Waals surface area contributed by atoms with E-state index in [2.05, 4.69) is 22.5 Å². The summed E-state index contributed by atoms with van der Waals surface area (Å²) >= 11 is 0. The van der Waals surface area contributed by atoms with Crippen molar-refractivity contribution in [2.75, 3.05) is 37.0 Å². The van der Waals surface area contributed by atoms with E-state index in [0.717, 1.165) is 50.4 Å². The zero-order valence-electron chi connectivity index (χ0n) is 17.1. The lowest BCUT2D eigenvalue weighted by Gasteiger charge is -2.34. The fourth-order valence-electron chi connectivity index (χ4n) is 4.16. The highest BCUT2D eigenvalue weighted by atomic mass is 16.5. The van der Waals surface area contributed by atoms with Gasteiger partial charge in [-0.3, -0.25) is 9.59 Å². The summed E-state index contributed by atoms with van der Waals surface area (Å²) in [6, 6.07) is 5.90. The van der Waals surface area contributed by atoms with Crippen LogP contribution in [-0.2, 0) is 9.53 Å². The normalized spacial score (nSPS) is 18.7. The van der Waals surface area contributed by atoms with Crippen LogP contribution < -0.4 is 15.5 Å². The van der Waals surface area contributed by atoms with Gasteiger partial charge < -0.3 is 20.3 Å². The third kappa shape index (κ3) is 5.47. The van der Waals surface area contributed by atoms with Gasteiger partial charge in [-0.25, -0.2) is 0 Å². The van der Waals surface area contributed by atoms with Crippen molar-refractivity contribution in [3.8, 4) is 0 Å². The molecule has 0 spiro atoms. The van der Waals surface area contributed by atoms with Gasteiger partial charge in [-0.2, -0.15) is 0 Å². The van der Waals surface area contributed by atoms with Crippen molar-refractivity contribution in [1.82, 2.24) is 5.32 Å². The van der Waals surface area contributed by atoms with E-state index < -0.39 is 0 Å². The number of amides is 2. The molecule has 1 saturated carbocycles. The van der Waals surface area contributed by atoms with E-state index in [1.165, 1.54) is 26.4 Å². The third-order valence-electron chi connectivity index (χ3n) is 5.87. The molecule has 0 aromatic heterocycles. The molecule has 0 unspecified atom stereocenters. The molecule has 1 aliphatic heterocycles. The van der Waals surface area contributed by atoms with Gasteiger partial charge in [-0.15, -0.1) is 0 Å². The van der Waals surface area contributed by atoms with Crippen molar-refractivity contribution in [3.05, 3.63) is 23.8 Å². The monoisotopic (exact) mass is 387 g/mol. The number of methoxy groups -OCH3 is 1. The van der Waals surface area contributed by atoms with E-state index in [4.69, 9.17) is 4.74 Å². The molecular weight excluding hydrogens is 354 g/mol. The Labute approximate surface area is 168 Å². The number of hydrogen-bond acceptors (Lipinski definition) is 4. The Morgan fingerprint density at radius 1 is 1.11 bits per heavy atom. The molecule has 3 rings (SSSR count). The SMILES string of the molecule is COCC(=O)Nc1ccc(N2CCC(C)CC2)c(C(=O)NC2CCCCC2)c1. The molecule has 28 heavy (non-hydrogen) atoms. The van der Waals surface area contributed by atoms with Gasteiger partial charge in [0.05, 0.1) is 5.56 Å². The van der Waals surface area contributed by atoms with Gasteiger partial charge in [0.25, 0.3) is 5.91 Å². The predicted octanol–water partition coefficient (Wildman–Crippen LogP) is 3.57. The standard InChI is InChI=1S/C22H33N3O3/c1-16-10-12-25(13-11-16)20-9-8-18(23-21(26)15-28-2)14-19(20)22(27)24-17-6-4-3-5-7-17/h8-9,14,16-17H,3-7,10-13,15H2,1-2H3,(H,23,26)(H,24,27). The molecule has 6 nitrogen and oxygen atoms in total. The molecule has 0 radical (unpaired) electrons. The van der Waals surface area contributed by atoms with Crippen molar-refractivity contribution < 1.29 is 14.3 Å². The molecule has 1 saturated heterocycles. The van der Waals surface area contributed by atoms with E-state index in [9.17, 15) is 9.59 Å². The topological polar surface area (TPSA) is 70.7 Å². The fraction of sp³-hybridized carbons (Fsp3) is 0.636. The third-order valence-corrected chi connectivity index (χ3v) is 5.87. The molecule has 1 aromatic carbocycles. The number of carbonyl (C=O) groups is 2. The molecule has 6 heteroatoms. The number of rotatable bonds is 6. The lowest BCUT2D eigenvalue weighted by molar-refractivity contribution is -0.119. The molecule has 2 fully saturated rings. The van der Waals surface area contributed by atoms with Crippen molar-refractivity contribution in [3.63, 3.8) is 0 Å². The summed E-state index contributed by atoms with van der Waals surface area (Å²) < 4.78 is 4.88. The minimum atomic E-state index is -0.222. The number of benzene rings is 1. The molecule has 1 heterocycles. The van der Waals surface area contributed by atoms with Crippen molar-refractivity contribution in [1.29, 1.82) is 0 Å². The molecule has 1 aromatic rings. The average molecular weight is 388 g/mol. The largest absolute Gasteiger partial charge is 0.375 e. The fourth-order valence-corrected chi connectivity index (χ4v) is 4.16. The maximum Gasteiger partial charge on any atom is 0.253 e. The van der Waals surface area contributed by atoms with Crippen LogP contribution in [0.2, 0.25) is 0 Å². The summed E-state index contributed by atoms with van der Waals surface area (Å²) in [7, 11) is 1.49. The molecule has 1 aliphatic carbocycles. The minimum Gasteiger partial charge on any atom is -0.375 e. The zero-order valence-corrected chi connectivity index (χ0v) is 17.1. The molecule has 0 bridgehead atoms. The highest BCUT2D eigenvalue weighted by Gasteiger charge is 2.24. The molecule has 2 aliphatic rings. The minimum absolute atomic E-state index is 0.00459. The summed E-state index contributed by atoms with van der Waals surface area (Å²) in [5.74, 6) is 0.465. The summed E-state index contributed by atoms with van der Waals surface area (Å²) in [5.41, 5.74) is 2.24. The van der Waals surface area contributed by atoms with E-state index in [1.807, 2.05) is 12.1 Å². The number of ether oxygens (including phenoxy) is 1. The van der Waals surface area contributed by atoms with Crippen LogP contribution in [0.4, 0.5) is 11.4 Å². The molecule has 0 atom stereocenters. The van der Waals surface area contributed by atoms with Gasteiger partial charge in [0, 0.05) is 37.6 Å². The highest BCUT2D eigenvalue weighted by molar-refractivity contribution is 6.02. The van der Waals surface area contributed by atoms with Crippen molar-refractivity contribution >= 4 is 23.2 Å². The van der Waals surface area contributed by atoms with Crippen LogP contribution in [0.3, 0.4) is 0 Å². The Kier molecular flexibility index (Phi) is 7.31. The average Bonchev–Trinajstić information content (AvgIpc) is 2.69. The molecule has 2 amide bonds. The lowest BCUT2D eigenvalue weighted by Crippen LogP contribution is -2.38. The smallest absolute Gasteiger partial charge is 0.253 e. The van der Waals surface area contributed by atoms with Crippen LogP contribution in [0.25, 0.3) is 0 Å². The first kappa shape index (κ1) is 20.6. The maximum absolute atomic E-state index is 13.1. The predicted molar refractivity (Wildman–Crippen MR) is 112 cm³/mol. The Morgan fingerprint density at radius 3 is 2.50 bits per heavy atom. The Hall–Kier alpha value is -2.08. The first-order chi connectivity index (χ1) is 13.6. The Morgan fingerprint density at radius 2 is 1.82 bits per heavy atom. The molecule has 154 valence electrons. The van der Waals surface area contributed by atoms with Gasteiger partial charge in [-0.1, -0.05) is 26.2 Å². The van der Waals surface area contributed by atoms with E-state index in [0.29, 0.717) is 11.3 Å². The van der Waals surface area contributed by atoms with E-state index in [1.54, 1.807) is 6.07 Å². The van der Waals surface area contributed by atoms with Crippen LogP contribution in [0, 0.1) is 5.92 Å². The Balaban J connectivity index is 1.81. The number of carbonyl (C=O) groups excluding carboxylic acids is 2. The summed E-state index contributed by atoms with van der Waals surface area (Å²) in [5, 5.41) is 6.04. The summed E-state index contributed by atoms with van der Waals surface area (Å²) in [4.78, 5) is 27.3. The lowest BCUT2D eigenvalue weighted by atomic mass is 9.95. The van der Waals surface area contributed by atoms with Crippen LogP contribution >= 0.6 is 0 Å². The zero-order chi connectivity index (χ0) is 19.9. The Bertz CT molecular complexity index is 678. The van der Waals surface area contributed by atoms with Gasteiger partial charge >= 0.3 is 0 Å². The number of hydrogen-bond donors (Lipinski definition) is 2. The summed E-state index contributed by atoms with van der Waals surface area (Å²) in [6.45, 7) is 4.19. The number of piperidine rings is 1. The van der Waals surface area contributed by atoms with Crippen LogP contribution in [0.1, 0.15) is 62.2 Å².